The standard InChI is InChI=1S/C12H17ClN2O3/c1-2-11(5-6-16)14-8-9-3-4-10(13)7-12(9)15(17)18/h3-4,7,11,14,16H,2,5-6,8H2,1H3. The molecule has 0 saturated heterocycles. The van der Waals surface area contributed by atoms with Crippen LogP contribution in [-0.4, -0.2) is 22.7 Å². The lowest BCUT2D eigenvalue weighted by molar-refractivity contribution is -0.385. The van der Waals surface area contributed by atoms with Crippen molar-refractivity contribution in [2.75, 3.05) is 6.61 Å². The van der Waals surface area contributed by atoms with Crippen molar-refractivity contribution in [3.8, 4) is 0 Å². The summed E-state index contributed by atoms with van der Waals surface area (Å²) >= 11 is 5.74. The second kappa shape index (κ2) is 7.31. The summed E-state index contributed by atoms with van der Waals surface area (Å²) in [5.74, 6) is 0. The third kappa shape index (κ3) is 4.25. The first-order chi connectivity index (χ1) is 8.58. The van der Waals surface area contributed by atoms with Gasteiger partial charge in [-0.25, -0.2) is 0 Å². The van der Waals surface area contributed by atoms with Crippen LogP contribution >= 0.6 is 11.6 Å². The van der Waals surface area contributed by atoms with Gasteiger partial charge in [0.2, 0.25) is 0 Å². The Morgan fingerprint density at radius 2 is 2.28 bits per heavy atom. The highest BCUT2D eigenvalue weighted by Gasteiger charge is 2.15. The van der Waals surface area contributed by atoms with Crippen LogP contribution in [0.15, 0.2) is 18.2 Å². The number of aliphatic hydroxyl groups is 1. The van der Waals surface area contributed by atoms with Crippen molar-refractivity contribution in [3.05, 3.63) is 38.9 Å². The number of aliphatic hydroxyl groups excluding tert-OH is 1. The van der Waals surface area contributed by atoms with Gasteiger partial charge in [-0.15, -0.1) is 0 Å². The van der Waals surface area contributed by atoms with Gasteiger partial charge in [0.05, 0.1) is 4.92 Å². The molecule has 6 heteroatoms. The van der Waals surface area contributed by atoms with Crippen LogP contribution in [0.2, 0.25) is 5.02 Å². The van der Waals surface area contributed by atoms with E-state index >= 15 is 0 Å². The molecule has 100 valence electrons. The highest BCUT2D eigenvalue weighted by atomic mass is 35.5. The van der Waals surface area contributed by atoms with E-state index in [9.17, 15) is 10.1 Å². The molecule has 5 nitrogen and oxygen atoms in total. The molecule has 1 rings (SSSR count). The van der Waals surface area contributed by atoms with E-state index in [1.807, 2.05) is 6.92 Å². The molecule has 0 bridgehead atoms. The zero-order valence-corrected chi connectivity index (χ0v) is 11.0. The lowest BCUT2D eigenvalue weighted by Gasteiger charge is -2.15. The fourth-order valence-electron chi connectivity index (χ4n) is 1.72. The molecule has 1 unspecified atom stereocenters. The fraction of sp³-hybridized carbons (Fsp3) is 0.500. The highest BCUT2D eigenvalue weighted by Crippen LogP contribution is 2.23. The fourth-order valence-corrected chi connectivity index (χ4v) is 1.88. The molecule has 0 spiro atoms. The Kier molecular flexibility index (Phi) is 6.04. The van der Waals surface area contributed by atoms with Gasteiger partial charge in [-0.2, -0.15) is 0 Å². The highest BCUT2D eigenvalue weighted by molar-refractivity contribution is 6.30. The normalized spacial score (nSPS) is 12.4. The molecule has 0 aliphatic heterocycles. The van der Waals surface area contributed by atoms with Crippen molar-refractivity contribution >= 4 is 17.3 Å². The van der Waals surface area contributed by atoms with Crippen LogP contribution in [0, 0.1) is 10.1 Å². The maximum atomic E-state index is 10.9. The van der Waals surface area contributed by atoms with Crippen molar-refractivity contribution in [2.45, 2.75) is 32.4 Å². The van der Waals surface area contributed by atoms with E-state index in [0.29, 0.717) is 23.6 Å². The predicted octanol–water partition coefficient (Wildman–Crippen LogP) is 2.50. The summed E-state index contributed by atoms with van der Waals surface area (Å²) in [5, 5.41) is 23.3. The topological polar surface area (TPSA) is 75.4 Å². The van der Waals surface area contributed by atoms with Crippen molar-refractivity contribution in [1.82, 2.24) is 5.32 Å². The summed E-state index contributed by atoms with van der Waals surface area (Å²) < 4.78 is 0. The maximum absolute atomic E-state index is 10.9. The molecule has 0 heterocycles. The Labute approximate surface area is 111 Å². The van der Waals surface area contributed by atoms with Crippen LogP contribution in [-0.2, 0) is 6.54 Å². The van der Waals surface area contributed by atoms with E-state index in [-0.39, 0.29) is 18.3 Å². The van der Waals surface area contributed by atoms with Gasteiger partial charge in [-0.05, 0) is 25.0 Å². The van der Waals surface area contributed by atoms with Crippen molar-refractivity contribution in [1.29, 1.82) is 0 Å². The van der Waals surface area contributed by atoms with Crippen molar-refractivity contribution < 1.29 is 10.0 Å². The number of nitrogens with zero attached hydrogens (tertiary/aromatic N) is 1. The van der Waals surface area contributed by atoms with Crippen molar-refractivity contribution in [2.24, 2.45) is 0 Å². The Morgan fingerprint density at radius 3 is 2.83 bits per heavy atom. The van der Waals surface area contributed by atoms with Gasteiger partial charge in [-0.3, -0.25) is 10.1 Å². The summed E-state index contributed by atoms with van der Waals surface area (Å²) in [5.41, 5.74) is 0.620. The maximum Gasteiger partial charge on any atom is 0.275 e. The third-order valence-corrected chi connectivity index (χ3v) is 3.03. The van der Waals surface area contributed by atoms with Crippen LogP contribution in [0.1, 0.15) is 25.3 Å². The lowest BCUT2D eigenvalue weighted by atomic mass is 10.1. The number of benzene rings is 1. The van der Waals surface area contributed by atoms with E-state index in [2.05, 4.69) is 5.32 Å². The monoisotopic (exact) mass is 272 g/mol. The van der Waals surface area contributed by atoms with E-state index in [1.165, 1.54) is 6.07 Å². The number of rotatable bonds is 7. The van der Waals surface area contributed by atoms with Gasteiger partial charge in [0.1, 0.15) is 0 Å². The molecule has 1 aromatic rings. The molecule has 0 aromatic heterocycles. The number of nitro groups is 1. The third-order valence-electron chi connectivity index (χ3n) is 2.80. The molecule has 18 heavy (non-hydrogen) atoms. The number of hydrogen-bond acceptors (Lipinski definition) is 4. The molecule has 2 N–H and O–H groups in total. The molecule has 1 atom stereocenters. The second-order valence-electron chi connectivity index (χ2n) is 4.03. The molecule has 0 saturated carbocycles. The Balaban J connectivity index is 2.74. The number of nitro benzene ring substituents is 1. The molecule has 0 fully saturated rings. The Bertz CT molecular complexity index is 412. The molecular formula is C12H17ClN2O3. The SMILES string of the molecule is CCC(CCO)NCc1ccc(Cl)cc1[N+](=O)[O-]. The lowest BCUT2D eigenvalue weighted by Crippen LogP contribution is -2.29. The zero-order chi connectivity index (χ0) is 13.5. The minimum Gasteiger partial charge on any atom is -0.396 e. The smallest absolute Gasteiger partial charge is 0.275 e. The van der Waals surface area contributed by atoms with E-state index < -0.39 is 4.92 Å². The zero-order valence-electron chi connectivity index (χ0n) is 10.2. The Hall–Kier alpha value is -1.17. The second-order valence-corrected chi connectivity index (χ2v) is 4.46. The van der Waals surface area contributed by atoms with Crippen LogP contribution in [0.5, 0.6) is 0 Å². The summed E-state index contributed by atoms with van der Waals surface area (Å²) in [6, 6.07) is 4.80. The average Bonchev–Trinajstić information content (AvgIpc) is 2.35. The first kappa shape index (κ1) is 14.9. The van der Waals surface area contributed by atoms with Gasteiger partial charge in [0.15, 0.2) is 0 Å². The molecular weight excluding hydrogens is 256 g/mol. The van der Waals surface area contributed by atoms with Gasteiger partial charge in [0.25, 0.3) is 5.69 Å². The largest absolute Gasteiger partial charge is 0.396 e. The van der Waals surface area contributed by atoms with Gasteiger partial charge >= 0.3 is 0 Å². The van der Waals surface area contributed by atoms with E-state index in [0.717, 1.165) is 6.42 Å². The van der Waals surface area contributed by atoms with Crippen LogP contribution < -0.4 is 5.32 Å². The van der Waals surface area contributed by atoms with Gasteiger partial charge in [0, 0.05) is 35.8 Å². The molecule has 0 aliphatic carbocycles. The number of nitrogens with one attached hydrogen (secondary N) is 1. The molecule has 0 amide bonds. The summed E-state index contributed by atoms with van der Waals surface area (Å²) in [7, 11) is 0. The predicted molar refractivity (Wildman–Crippen MR) is 70.7 cm³/mol. The molecule has 0 radical (unpaired) electrons. The average molecular weight is 273 g/mol. The van der Waals surface area contributed by atoms with Gasteiger partial charge in [-0.1, -0.05) is 18.5 Å². The van der Waals surface area contributed by atoms with Crippen LogP contribution in [0.4, 0.5) is 5.69 Å². The first-order valence-electron chi connectivity index (χ1n) is 5.85. The minimum absolute atomic E-state index is 0.0221. The van der Waals surface area contributed by atoms with Crippen LogP contribution in [0.25, 0.3) is 0 Å². The summed E-state index contributed by atoms with van der Waals surface area (Å²) in [6.07, 6.45) is 1.50. The van der Waals surface area contributed by atoms with E-state index in [1.54, 1.807) is 12.1 Å². The van der Waals surface area contributed by atoms with E-state index in [4.69, 9.17) is 16.7 Å². The quantitative estimate of drug-likeness (QED) is 0.591. The minimum atomic E-state index is -0.435. The first-order valence-corrected chi connectivity index (χ1v) is 6.23. The summed E-state index contributed by atoms with van der Waals surface area (Å²) in [6.45, 7) is 2.50. The van der Waals surface area contributed by atoms with Crippen LogP contribution in [0.3, 0.4) is 0 Å². The molecule has 0 aliphatic rings. The summed E-state index contributed by atoms with van der Waals surface area (Å²) in [4.78, 5) is 10.5. The van der Waals surface area contributed by atoms with Crippen molar-refractivity contribution in [3.63, 3.8) is 0 Å². The van der Waals surface area contributed by atoms with Gasteiger partial charge < -0.3 is 10.4 Å². The molecule has 1 aromatic carbocycles. The Morgan fingerprint density at radius 1 is 1.56 bits per heavy atom. The number of halogens is 1. The number of hydrogen-bond donors (Lipinski definition) is 2.